The van der Waals surface area contributed by atoms with E-state index in [-0.39, 0.29) is 27.1 Å². The van der Waals surface area contributed by atoms with Crippen LogP contribution in [0.3, 0.4) is 0 Å². The van der Waals surface area contributed by atoms with Crippen LogP contribution in [0.5, 0.6) is 0 Å². The molecule has 1 saturated heterocycles. The smallest absolute Gasteiger partial charge is 0.240 e. The van der Waals surface area contributed by atoms with Crippen LogP contribution < -0.4 is 10.5 Å². The van der Waals surface area contributed by atoms with Crippen LogP contribution in [0.25, 0.3) is 0 Å². The number of benzene rings is 1. The van der Waals surface area contributed by atoms with Gasteiger partial charge in [0.1, 0.15) is 4.99 Å². The minimum Gasteiger partial charge on any atom is -0.389 e. The molecule has 2 atom stereocenters. The highest BCUT2D eigenvalue weighted by Gasteiger charge is 2.27. The third-order valence-electron chi connectivity index (χ3n) is 3.38. The molecule has 1 aromatic carbocycles. The number of nitrogens with one attached hydrogen (secondary N) is 1. The lowest BCUT2D eigenvalue weighted by atomic mass is 10.1. The number of nitrogens with two attached hydrogens (primary N) is 1. The zero-order chi connectivity index (χ0) is 15.6. The number of hydrogen-bond donors (Lipinski definition) is 2. The van der Waals surface area contributed by atoms with Gasteiger partial charge >= 0.3 is 0 Å². The Balaban J connectivity index is 2.19. The summed E-state index contributed by atoms with van der Waals surface area (Å²) in [5, 5.41) is 0.218. The van der Waals surface area contributed by atoms with Gasteiger partial charge in [-0.25, -0.2) is 13.1 Å². The maximum Gasteiger partial charge on any atom is 0.240 e. The summed E-state index contributed by atoms with van der Waals surface area (Å²) in [4.78, 5) is 0.210. The second-order valence-corrected chi connectivity index (χ2v) is 7.53. The molecule has 8 heteroatoms. The van der Waals surface area contributed by atoms with E-state index in [0.717, 1.165) is 12.8 Å². The number of hydrogen-bond acceptors (Lipinski definition) is 4. The molecule has 0 spiro atoms. The highest BCUT2D eigenvalue weighted by atomic mass is 35.5. The quantitative estimate of drug-likeness (QED) is 0.793. The lowest BCUT2D eigenvalue weighted by Gasteiger charge is -2.20. The Morgan fingerprint density at radius 2 is 2.29 bits per heavy atom. The van der Waals surface area contributed by atoms with E-state index in [2.05, 4.69) is 4.72 Å². The van der Waals surface area contributed by atoms with Crippen molar-refractivity contribution in [2.24, 2.45) is 5.73 Å². The van der Waals surface area contributed by atoms with Gasteiger partial charge in [0, 0.05) is 18.2 Å². The Morgan fingerprint density at radius 3 is 2.81 bits per heavy atom. The predicted octanol–water partition coefficient (Wildman–Crippen LogP) is 1.82. The molecule has 0 saturated carbocycles. The van der Waals surface area contributed by atoms with Crippen LogP contribution in [0.4, 0.5) is 0 Å². The topological polar surface area (TPSA) is 81.4 Å². The molecule has 1 aliphatic rings. The standard InChI is InChI=1S/C13H17ClN2O3S2/c1-8(12-3-2-6-19-12)16-21(17,18)9-4-5-10(13(15)20)11(14)7-9/h4-5,7-8,12,16H,2-3,6H2,1H3,(H2,15,20). The molecule has 21 heavy (non-hydrogen) atoms. The molecule has 0 amide bonds. The van der Waals surface area contributed by atoms with E-state index in [1.54, 1.807) is 6.92 Å². The van der Waals surface area contributed by atoms with Gasteiger partial charge < -0.3 is 10.5 Å². The van der Waals surface area contributed by atoms with Crippen LogP contribution in [0.2, 0.25) is 5.02 Å². The van der Waals surface area contributed by atoms with E-state index in [9.17, 15) is 8.42 Å². The van der Waals surface area contributed by atoms with Gasteiger partial charge in [0.25, 0.3) is 0 Å². The first-order valence-corrected chi connectivity index (χ1v) is 8.81. The number of rotatable bonds is 5. The SMILES string of the molecule is CC(NS(=O)(=O)c1ccc(C(N)=S)c(Cl)c1)C1CCCO1. The Bertz CT molecular complexity index is 643. The molecule has 116 valence electrons. The van der Waals surface area contributed by atoms with Crippen molar-refractivity contribution in [3.63, 3.8) is 0 Å². The molecule has 1 fully saturated rings. The van der Waals surface area contributed by atoms with Crippen LogP contribution in [0.1, 0.15) is 25.3 Å². The van der Waals surface area contributed by atoms with Crippen molar-refractivity contribution >= 4 is 38.8 Å². The van der Waals surface area contributed by atoms with Gasteiger partial charge in [0.05, 0.1) is 16.0 Å². The fourth-order valence-corrected chi connectivity index (χ4v) is 4.13. The van der Waals surface area contributed by atoms with Gasteiger partial charge in [-0.2, -0.15) is 0 Å². The maximum absolute atomic E-state index is 12.3. The highest BCUT2D eigenvalue weighted by molar-refractivity contribution is 7.89. The van der Waals surface area contributed by atoms with E-state index in [1.165, 1.54) is 18.2 Å². The Hall–Kier alpha value is -0.730. The maximum atomic E-state index is 12.3. The number of halogens is 1. The van der Waals surface area contributed by atoms with E-state index in [1.807, 2.05) is 0 Å². The third kappa shape index (κ3) is 3.92. The zero-order valence-electron chi connectivity index (χ0n) is 11.5. The van der Waals surface area contributed by atoms with E-state index >= 15 is 0 Å². The largest absolute Gasteiger partial charge is 0.389 e. The van der Waals surface area contributed by atoms with Crippen LogP contribution in [0.15, 0.2) is 23.1 Å². The van der Waals surface area contributed by atoms with E-state index < -0.39 is 10.0 Å². The monoisotopic (exact) mass is 348 g/mol. The summed E-state index contributed by atoms with van der Waals surface area (Å²) in [5.41, 5.74) is 5.96. The van der Waals surface area contributed by atoms with Crippen molar-refractivity contribution in [3.05, 3.63) is 28.8 Å². The normalized spacial score (nSPS) is 20.4. The van der Waals surface area contributed by atoms with Crippen molar-refractivity contribution in [2.75, 3.05) is 6.61 Å². The van der Waals surface area contributed by atoms with E-state index in [4.69, 9.17) is 34.3 Å². The Labute approximate surface area is 134 Å². The minimum atomic E-state index is -3.66. The second-order valence-electron chi connectivity index (χ2n) is 4.97. The first-order chi connectivity index (χ1) is 9.81. The molecule has 0 radical (unpaired) electrons. The molecule has 2 unspecified atom stereocenters. The lowest BCUT2D eigenvalue weighted by Crippen LogP contribution is -2.40. The summed E-state index contributed by atoms with van der Waals surface area (Å²) in [6, 6.07) is 3.99. The van der Waals surface area contributed by atoms with Crippen LogP contribution in [-0.4, -0.2) is 32.2 Å². The first-order valence-electron chi connectivity index (χ1n) is 6.54. The van der Waals surface area contributed by atoms with Crippen molar-refractivity contribution in [3.8, 4) is 0 Å². The summed E-state index contributed by atoms with van der Waals surface area (Å²) in [5.74, 6) is 0. The predicted molar refractivity (Wildman–Crippen MR) is 86.1 cm³/mol. The van der Waals surface area contributed by atoms with Crippen molar-refractivity contribution in [1.29, 1.82) is 0 Å². The van der Waals surface area contributed by atoms with Gasteiger partial charge in [-0.05, 0) is 38.0 Å². The summed E-state index contributed by atoms with van der Waals surface area (Å²) in [6.07, 6.45) is 1.71. The van der Waals surface area contributed by atoms with Gasteiger partial charge in [-0.1, -0.05) is 23.8 Å². The minimum absolute atomic E-state index is 0.0809. The third-order valence-corrected chi connectivity index (χ3v) is 5.47. The van der Waals surface area contributed by atoms with Crippen LogP contribution in [0, 0.1) is 0 Å². The molecule has 1 aliphatic heterocycles. The number of ether oxygens (including phenoxy) is 1. The fourth-order valence-electron chi connectivity index (χ4n) is 2.25. The van der Waals surface area contributed by atoms with Gasteiger partial charge in [0.2, 0.25) is 10.0 Å². The molecule has 0 aromatic heterocycles. The summed E-state index contributed by atoms with van der Waals surface area (Å²) >= 11 is 10.9. The number of thiocarbonyl (C=S) groups is 1. The van der Waals surface area contributed by atoms with Gasteiger partial charge in [-0.15, -0.1) is 0 Å². The molecule has 1 aromatic rings. The van der Waals surface area contributed by atoms with Gasteiger partial charge in [0.15, 0.2) is 0 Å². The van der Waals surface area contributed by atoms with E-state index in [0.29, 0.717) is 12.2 Å². The second kappa shape index (κ2) is 6.58. The van der Waals surface area contributed by atoms with Crippen molar-refractivity contribution < 1.29 is 13.2 Å². The molecular weight excluding hydrogens is 332 g/mol. The molecule has 5 nitrogen and oxygen atoms in total. The molecule has 3 N–H and O–H groups in total. The Kier molecular flexibility index (Phi) is 5.21. The lowest BCUT2D eigenvalue weighted by molar-refractivity contribution is 0.0902. The van der Waals surface area contributed by atoms with Gasteiger partial charge in [-0.3, -0.25) is 0 Å². The Morgan fingerprint density at radius 1 is 1.57 bits per heavy atom. The molecule has 2 rings (SSSR count). The molecular formula is C13H17ClN2O3S2. The molecule has 0 aliphatic carbocycles. The summed E-state index contributed by atoms with van der Waals surface area (Å²) in [6.45, 7) is 2.46. The van der Waals surface area contributed by atoms with Crippen molar-refractivity contribution in [1.82, 2.24) is 4.72 Å². The average Bonchev–Trinajstić information content (AvgIpc) is 2.91. The molecule has 1 heterocycles. The fraction of sp³-hybridized carbons (Fsp3) is 0.462. The highest BCUT2D eigenvalue weighted by Crippen LogP contribution is 2.22. The number of sulfonamides is 1. The van der Waals surface area contributed by atoms with Crippen LogP contribution >= 0.6 is 23.8 Å². The average molecular weight is 349 g/mol. The zero-order valence-corrected chi connectivity index (χ0v) is 13.9. The first kappa shape index (κ1) is 16.6. The summed E-state index contributed by atoms with van der Waals surface area (Å²) < 4.78 is 32.8. The molecule has 0 bridgehead atoms. The van der Waals surface area contributed by atoms with Crippen LogP contribution in [-0.2, 0) is 14.8 Å². The van der Waals surface area contributed by atoms with Crippen molar-refractivity contribution in [2.45, 2.75) is 36.8 Å². The summed E-state index contributed by atoms with van der Waals surface area (Å²) in [7, 11) is -3.66.